The molecule has 0 N–H and O–H groups in total. The van der Waals surface area contributed by atoms with E-state index < -0.39 is 0 Å². The third-order valence-corrected chi connectivity index (χ3v) is 7.63. The van der Waals surface area contributed by atoms with E-state index in [0.29, 0.717) is 18.9 Å². The first-order chi connectivity index (χ1) is 15.4. The molecule has 5 heteroatoms. The summed E-state index contributed by atoms with van der Waals surface area (Å²) in [6.07, 6.45) is 8.87. The number of carbonyl (C=O) groups is 2. The van der Waals surface area contributed by atoms with Crippen molar-refractivity contribution < 1.29 is 9.59 Å². The fraction of sp³-hybridized carbons (Fsp3) is 0.593. The third-order valence-electron chi connectivity index (χ3n) is 7.63. The lowest BCUT2D eigenvalue weighted by molar-refractivity contribution is -0.137. The van der Waals surface area contributed by atoms with Gasteiger partial charge in [0.25, 0.3) is 0 Å². The standard InChI is InChI=1S/C27H35N3O2/c1-27(2)16-22-24(23(31)17-27)25(28-30(22)18-19-10-5-3-6-11-19)21-14-9-15-29(21)26(32)20-12-7-4-8-13-20/h3,5-6,10-11,20-21H,4,7-9,12-18H2,1-2H3/t21-/m1/s1. The van der Waals surface area contributed by atoms with Crippen molar-refractivity contribution >= 4 is 11.7 Å². The fourth-order valence-electron chi connectivity index (χ4n) is 6.06. The van der Waals surface area contributed by atoms with Crippen LogP contribution >= 0.6 is 0 Å². The Morgan fingerprint density at radius 3 is 2.53 bits per heavy atom. The molecule has 1 aliphatic heterocycles. The highest BCUT2D eigenvalue weighted by molar-refractivity contribution is 6.00. The van der Waals surface area contributed by atoms with Crippen molar-refractivity contribution in [3.05, 3.63) is 52.8 Å². The lowest BCUT2D eigenvalue weighted by Gasteiger charge is -2.32. The van der Waals surface area contributed by atoms with Crippen LogP contribution < -0.4 is 0 Å². The molecule has 2 heterocycles. The van der Waals surface area contributed by atoms with Gasteiger partial charge in [0.15, 0.2) is 5.78 Å². The summed E-state index contributed by atoms with van der Waals surface area (Å²) in [6, 6.07) is 10.3. The van der Waals surface area contributed by atoms with E-state index in [2.05, 4.69) is 35.6 Å². The highest BCUT2D eigenvalue weighted by atomic mass is 16.2. The van der Waals surface area contributed by atoms with Gasteiger partial charge < -0.3 is 4.90 Å². The van der Waals surface area contributed by atoms with E-state index in [4.69, 9.17) is 5.10 Å². The summed E-state index contributed by atoms with van der Waals surface area (Å²) in [7, 11) is 0. The van der Waals surface area contributed by atoms with Crippen LogP contribution in [0, 0.1) is 11.3 Å². The molecule has 32 heavy (non-hydrogen) atoms. The number of rotatable bonds is 4. The maximum atomic E-state index is 13.4. The van der Waals surface area contributed by atoms with Crippen molar-refractivity contribution in [2.24, 2.45) is 11.3 Å². The summed E-state index contributed by atoms with van der Waals surface area (Å²) in [5.41, 5.74) is 3.85. The zero-order chi connectivity index (χ0) is 22.3. The first-order valence-corrected chi connectivity index (χ1v) is 12.4. The van der Waals surface area contributed by atoms with Gasteiger partial charge in [-0.3, -0.25) is 14.3 Å². The number of aromatic nitrogens is 2. The van der Waals surface area contributed by atoms with Gasteiger partial charge in [-0.15, -0.1) is 0 Å². The Balaban J connectivity index is 1.52. The Morgan fingerprint density at radius 1 is 1.03 bits per heavy atom. The number of amides is 1. The van der Waals surface area contributed by atoms with Crippen LogP contribution in [0.1, 0.15) is 98.6 Å². The maximum absolute atomic E-state index is 13.4. The van der Waals surface area contributed by atoms with Gasteiger partial charge in [0.05, 0.1) is 29.5 Å². The van der Waals surface area contributed by atoms with Gasteiger partial charge in [0.2, 0.25) is 5.91 Å². The minimum Gasteiger partial charge on any atom is -0.334 e. The molecule has 5 rings (SSSR count). The number of ketones is 1. The second-order valence-electron chi connectivity index (χ2n) is 10.8. The van der Waals surface area contributed by atoms with Gasteiger partial charge in [0.1, 0.15) is 0 Å². The predicted octanol–water partition coefficient (Wildman–Crippen LogP) is 5.33. The Hall–Kier alpha value is -2.43. The van der Waals surface area contributed by atoms with Crippen LogP contribution in [-0.4, -0.2) is 32.9 Å². The number of benzene rings is 1. The van der Waals surface area contributed by atoms with Gasteiger partial charge in [-0.1, -0.05) is 63.4 Å². The highest BCUT2D eigenvalue weighted by Gasteiger charge is 2.42. The van der Waals surface area contributed by atoms with Crippen molar-refractivity contribution in [1.82, 2.24) is 14.7 Å². The Bertz CT molecular complexity index is 1000. The predicted molar refractivity (Wildman–Crippen MR) is 124 cm³/mol. The van der Waals surface area contributed by atoms with E-state index in [-0.39, 0.29) is 23.2 Å². The van der Waals surface area contributed by atoms with Gasteiger partial charge in [-0.2, -0.15) is 5.10 Å². The van der Waals surface area contributed by atoms with Crippen molar-refractivity contribution in [3.8, 4) is 0 Å². The van der Waals surface area contributed by atoms with E-state index in [1.54, 1.807) is 0 Å². The minimum atomic E-state index is -0.0664. The molecule has 3 aliphatic rings. The average Bonchev–Trinajstić information content (AvgIpc) is 3.39. The minimum absolute atomic E-state index is 0.0552. The molecule has 1 atom stereocenters. The molecule has 0 unspecified atom stereocenters. The molecule has 0 radical (unpaired) electrons. The topological polar surface area (TPSA) is 55.2 Å². The molecule has 2 fully saturated rings. The van der Waals surface area contributed by atoms with Crippen LogP contribution in [0.25, 0.3) is 0 Å². The summed E-state index contributed by atoms with van der Waals surface area (Å²) in [5.74, 6) is 0.644. The van der Waals surface area contributed by atoms with Gasteiger partial charge >= 0.3 is 0 Å². The van der Waals surface area contributed by atoms with Gasteiger partial charge in [-0.25, -0.2) is 0 Å². The summed E-state index contributed by atoms with van der Waals surface area (Å²) in [6.45, 7) is 5.79. The van der Waals surface area contributed by atoms with Crippen LogP contribution in [0.2, 0.25) is 0 Å². The van der Waals surface area contributed by atoms with E-state index in [0.717, 1.165) is 68.4 Å². The van der Waals surface area contributed by atoms with E-state index in [9.17, 15) is 9.59 Å². The van der Waals surface area contributed by atoms with Crippen LogP contribution in [0.5, 0.6) is 0 Å². The Morgan fingerprint density at radius 2 is 1.78 bits per heavy atom. The molecule has 1 saturated carbocycles. The van der Waals surface area contributed by atoms with E-state index >= 15 is 0 Å². The highest BCUT2D eigenvalue weighted by Crippen LogP contribution is 2.42. The molecule has 1 amide bonds. The molecule has 1 aromatic carbocycles. The number of fused-ring (bicyclic) bond motifs is 1. The molecule has 0 bridgehead atoms. The monoisotopic (exact) mass is 433 g/mol. The van der Waals surface area contributed by atoms with Crippen molar-refractivity contribution in [2.45, 2.75) is 84.2 Å². The third kappa shape index (κ3) is 4.02. The van der Waals surface area contributed by atoms with Crippen LogP contribution in [0.3, 0.4) is 0 Å². The summed E-state index contributed by atoms with van der Waals surface area (Å²) in [4.78, 5) is 28.9. The van der Waals surface area contributed by atoms with E-state index in [1.807, 2.05) is 18.2 Å². The fourth-order valence-corrected chi connectivity index (χ4v) is 6.06. The largest absolute Gasteiger partial charge is 0.334 e. The normalized spacial score (nSPS) is 23.4. The molecular formula is C27H35N3O2. The van der Waals surface area contributed by atoms with Crippen molar-refractivity contribution in [2.75, 3.05) is 6.54 Å². The molecule has 1 saturated heterocycles. The first-order valence-electron chi connectivity index (χ1n) is 12.4. The molecule has 2 aromatic rings. The van der Waals surface area contributed by atoms with Crippen LogP contribution in [-0.2, 0) is 17.8 Å². The number of likely N-dealkylation sites (tertiary alicyclic amines) is 1. The average molecular weight is 434 g/mol. The molecule has 170 valence electrons. The molecule has 5 nitrogen and oxygen atoms in total. The Kier molecular flexibility index (Phi) is 5.68. The van der Waals surface area contributed by atoms with E-state index in [1.165, 1.54) is 12.0 Å². The summed E-state index contributed by atoms with van der Waals surface area (Å²) in [5, 5.41) is 5.06. The lowest BCUT2D eigenvalue weighted by atomic mass is 9.75. The zero-order valence-electron chi connectivity index (χ0n) is 19.5. The zero-order valence-corrected chi connectivity index (χ0v) is 19.5. The second kappa shape index (κ2) is 8.49. The summed E-state index contributed by atoms with van der Waals surface area (Å²) < 4.78 is 2.06. The maximum Gasteiger partial charge on any atom is 0.226 e. The number of carbonyl (C=O) groups excluding carboxylic acids is 2. The molecule has 2 aliphatic carbocycles. The number of Topliss-reactive ketones (excluding diaryl/α,β-unsaturated/α-hetero) is 1. The second-order valence-corrected chi connectivity index (χ2v) is 10.8. The smallest absolute Gasteiger partial charge is 0.226 e. The van der Waals surface area contributed by atoms with Gasteiger partial charge in [-0.05, 0) is 43.1 Å². The quantitative estimate of drug-likeness (QED) is 0.655. The van der Waals surface area contributed by atoms with Crippen LogP contribution in [0.15, 0.2) is 30.3 Å². The lowest BCUT2D eigenvalue weighted by Crippen LogP contribution is -2.37. The van der Waals surface area contributed by atoms with Crippen molar-refractivity contribution in [1.29, 1.82) is 0 Å². The number of nitrogens with zero attached hydrogens (tertiary/aromatic N) is 3. The molecule has 0 spiro atoms. The number of hydrogen-bond acceptors (Lipinski definition) is 3. The van der Waals surface area contributed by atoms with Gasteiger partial charge in [0, 0.05) is 18.9 Å². The first kappa shape index (κ1) is 21.4. The number of hydrogen-bond donors (Lipinski definition) is 0. The summed E-state index contributed by atoms with van der Waals surface area (Å²) >= 11 is 0. The Labute approximate surface area is 191 Å². The molecular weight excluding hydrogens is 398 g/mol. The SMILES string of the molecule is CC1(C)CC(=O)c2c([C@H]3CCCN3C(=O)C3CCCCC3)nn(Cc3ccccc3)c2C1. The van der Waals surface area contributed by atoms with Crippen LogP contribution in [0.4, 0.5) is 0 Å². The van der Waals surface area contributed by atoms with Crippen molar-refractivity contribution in [3.63, 3.8) is 0 Å². The molecule has 1 aromatic heterocycles.